The molecule has 0 unspecified atom stereocenters. The van der Waals surface area contributed by atoms with Gasteiger partial charge < -0.3 is 5.32 Å². The van der Waals surface area contributed by atoms with E-state index in [1.165, 1.54) is 16.6 Å². The van der Waals surface area contributed by atoms with Crippen LogP contribution in [0.5, 0.6) is 0 Å². The van der Waals surface area contributed by atoms with Gasteiger partial charge in [-0.2, -0.15) is 4.98 Å². The predicted molar refractivity (Wildman–Crippen MR) is 135 cm³/mol. The summed E-state index contributed by atoms with van der Waals surface area (Å²) in [5.41, 5.74) is -1.72. The Morgan fingerprint density at radius 2 is 2.00 bits per heavy atom. The molecule has 0 aliphatic carbocycles. The lowest BCUT2D eigenvalue weighted by molar-refractivity contribution is 0.149. The van der Waals surface area contributed by atoms with Gasteiger partial charge in [-0.1, -0.05) is 0 Å². The maximum atomic E-state index is 13.8. The summed E-state index contributed by atoms with van der Waals surface area (Å²) < 4.78 is 78.5. The number of rotatable bonds is 8. The van der Waals surface area contributed by atoms with Crippen molar-refractivity contribution in [3.63, 3.8) is 0 Å². The number of nitrogens with zero attached hydrogens (tertiary/aromatic N) is 7. The minimum absolute atomic E-state index is 0.00905. The van der Waals surface area contributed by atoms with Gasteiger partial charge in [0.25, 0.3) is 22.0 Å². The molecule has 0 bridgehead atoms. The number of piperidine rings is 1. The maximum Gasteiger partial charge on any atom is 0.269 e. The van der Waals surface area contributed by atoms with E-state index in [-0.39, 0.29) is 33.6 Å². The number of thiophene rings is 1. The zero-order valence-electron chi connectivity index (χ0n) is 19.3. The number of alkyl halides is 2. The Labute approximate surface area is 219 Å². The van der Waals surface area contributed by atoms with Crippen LogP contribution >= 0.6 is 11.3 Å². The van der Waals surface area contributed by atoms with Crippen LogP contribution < -0.4 is 10.9 Å². The third-order valence-corrected chi connectivity index (χ3v) is 9.37. The normalized spacial score (nSPS) is 15.6. The molecule has 202 valence electrons. The first-order chi connectivity index (χ1) is 18.1. The van der Waals surface area contributed by atoms with Crippen LogP contribution in [0.3, 0.4) is 0 Å². The van der Waals surface area contributed by atoms with Crippen molar-refractivity contribution < 1.29 is 25.6 Å². The number of aromatic nitrogens is 6. The van der Waals surface area contributed by atoms with Gasteiger partial charge in [-0.3, -0.25) is 9.36 Å². The second kappa shape index (κ2) is 10.4. The van der Waals surface area contributed by atoms with Gasteiger partial charge in [0.15, 0.2) is 5.65 Å². The average Bonchev–Trinajstić information content (AvgIpc) is 3.57. The molecule has 18 heteroatoms. The van der Waals surface area contributed by atoms with E-state index in [4.69, 9.17) is 0 Å². The zero-order chi connectivity index (χ0) is 27.0. The van der Waals surface area contributed by atoms with Crippen LogP contribution in [0, 0.1) is 0 Å². The molecule has 0 radical (unpaired) electrons. The fourth-order valence-electron chi connectivity index (χ4n) is 4.14. The highest BCUT2D eigenvalue weighted by atomic mass is 32.2. The third-order valence-electron chi connectivity index (χ3n) is 6.00. The molecule has 0 atom stereocenters. The van der Waals surface area contributed by atoms with E-state index in [1.807, 2.05) is 0 Å². The summed E-state index contributed by atoms with van der Waals surface area (Å²) in [6.07, 6.45) is 1.29. The summed E-state index contributed by atoms with van der Waals surface area (Å²) in [5.74, 6) is -0.445. The van der Waals surface area contributed by atoms with E-state index in [0.717, 1.165) is 34.6 Å². The SMILES string of the molecule is O=c1c(C(F)F)cc2cnc(NC3CCN([SH](=O)=O)CC3)nc2n1-c1ccsc1CS(=O)(=O)n1cncn1. The summed E-state index contributed by atoms with van der Waals surface area (Å²) in [6.45, 7) is 0.649. The number of anilines is 1. The lowest BCUT2D eigenvalue weighted by Gasteiger charge is -2.28. The number of thiol groups is 1. The number of pyridine rings is 1. The topological polar surface area (TPSA) is 162 Å². The van der Waals surface area contributed by atoms with Crippen molar-refractivity contribution in [3.8, 4) is 5.69 Å². The highest BCUT2D eigenvalue weighted by molar-refractivity contribution is 7.89. The van der Waals surface area contributed by atoms with Crippen LogP contribution in [0.1, 0.15) is 29.7 Å². The number of nitrogens with one attached hydrogen (secondary N) is 1. The first kappa shape index (κ1) is 26.3. The molecule has 38 heavy (non-hydrogen) atoms. The lowest BCUT2D eigenvalue weighted by Crippen LogP contribution is -2.38. The first-order valence-electron chi connectivity index (χ1n) is 11.2. The van der Waals surface area contributed by atoms with E-state index in [1.54, 1.807) is 5.38 Å². The highest BCUT2D eigenvalue weighted by Gasteiger charge is 2.25. The van der Waals surface area contributed by atoms with Crippen molar-refractivity contribution >= 4 is 49.2 Å². The largest absolute Gasteiger partial charge is 0.351 e. The van der Waals surface area contributed by atoms with Crippen molar-refractivity contribution in [3.05, 3.63) is 57.2 Å². The van der Waals surface area contributed by atoms with E-state index >= 15 is 0 Å². The Kier molecular flexibility index (Phi) is 7.21. The number of fused-ring (bicyclic) bond motifs is 1. The molecule has 5 heterocycles. The Morgan fingerprint density at radius 1 is 1.24 bits per heavy atom. The van der Waals surface area contributed by atoms with Crippen molar-refractivity contribution in [2.75, 3.05) is 18.4 Å². The van der Waals surface area contributed by atoms with E-state index in [0.29, 0.717) is 30.0 Å². The Bertz CT molecular complexity index is 1700. The minimum atomic E-state index is -4.00. The molecular formula is C20H20F2N8O5S3. The van der Waals surface area contributed by atoms with Crippen LogP contribution in [-0.4, -0.2) is 69.0 Å². The van der Waals surface area contributed by atoms with E-state index in [9.17, 15) is 30.4 Å². The van der Waals surface area contributed by atoms with E-state index in [2.05, 4.69) is 25.4 Å². The Balaban J connectivity index is 1.56. The molecule has 0 aromatic carbocycles. The highest BCUT2D eigenvalue weighted by Crippen LogP contribution is 2.28. The fourth-order valence-corrected chi connectivity index (χ4v) is 7.05. The number of halogens is 2. The predicted octanol–water partition coefficient (Wildman–Crippen LogP) is 1.15. The van der Waals surface area contributed by atoms with Gasteiger partial charge in [0.2, 0.25) is 16.8 Å². The number of hydrogen-bond donors (Lipinski definition) is 2. The average molecular weight is 587 g/mol. The monoisotopic (exact) mass is 586 g/mol. The summed E-state index contributed by atoms with van der Waals surface area (Å²) in [6, 6.07) is 2.33. The molecular weight excluding hydrogens is 566 g/mol. The fraction of sp³-hybridized carbons (Fsp3) is 0.350. The zero-order valence-corrected chi connectivity index (χ0v) is 21.9. The molecule has 4 aromatic heterocycles. The van der Waals surface area contributed by atoms with Crippen LogP contribution in [0.2, 0.25) is 0 Å². The number of hydrogen-bond acceptors (Lipinski definition) is 11. The Morgan fingerprint density at radius 3 is 2.66 bits per heavy atom. The van der Waals surface area contributed by atoms with Crippen molar-refractivity contribution in [1.82, 2.24) is 33.0 Å². The standard InChI is InChI=1S/C20H20F2N8O5S3/c21-17(22)14-7-12-8-24-20(26-13-1-4-28(5-2-13)37(32)33)27-18(12)30(19(14)31)15-3-6-36-16(15)9-38(34,35)29-11-23-10-25-29/h3,6-8,10-11,13,17,37H,1-2,4-5,9H2,(H,24,26,27). The van der Waals surface area contributed by atoms with Crippen molar-refractivity contribution in [2.24, 2.45) is 0 Å². The van der Waals surface area contributed by atoms with Crippen LogP contribution in [0.15, 0.2) is 41.2 Å². The first-order valence-corrected chi connectivity index (χ1v) is 14.8. The van der Waals surface area contributed by atoms with Gasteiger partial charge >= 0.3 is 0 Å². The molecule has 0 spiro atoms. The second-order valence-corrected chi connectivity index (χ2v) is 12.2. The second-order valence-electron chi connectivity index (χ2n) is 8.38. The van der Waals surface area contributed by atoms with Crippen LogP contribution in [0.4, 0.5) is 14.7 Å². The molecule has 0 amide bonds. The smallest absolute Gasteiger partial charge is 0.269 e. The summed E-state index contributed by atoms with van der Waals surface area (Å²) in [4.78, 5) is 25.7. The van der Waals surface area contributed by atoms with Crippen molar-refractivity contribution in [1.29, 1.82) is 0 Å². The molecule has 0 saturated carbocycles. The van der Waals surface area contributed by atoms with Gasteiger partial charge in [0, 0.05) is 35.6 Å². The van der Waals surface area contributed by atoms with E-state index < -0.39 is 44.2 Å². The molecule has 1 aliphatic rings. The van der Waals surface area contributed by atoms with Gasteiger partial charge in [-0.05, 0) is 30.4 Å². The van der Waals surface area contributed by atoms with Gasteiger partial charge in [-0.15, -0.1) is 20.5 Å². The third kappa shape index (κ3) is 5.16. The van der Waals surface area contributed by atoms with Crippen LogP contribution in [0.25, 0.3) is 16.7 Å². The summed E-state index contributed by atoms with van der Waals surface area (Å²) >= 11 is 1.03. The summed E-state index contributed by atoms with van der Waals surface area (Å²) in [7, 11) is -6.66. The van der Waals surface area contributed by atoms with Gasteiger partial charge in [0.1, 0.15) is 18.4 Å². The molecule has 1 aliphatic heterocycles. The Hall–Kier alpha value is -3.35. The van der Waals surface area contributed by atoms with Gasteiger partial charge in [-0.25, -0.2) is 39.9 Å². The molecule has 1 N–H and O–H groups in total. The molecule has 5 rings (SSSR count). The lowest BCUT2D eigenvalue weighted by atomic mass is 10.1. The molecule has 13 nitrogen and oxygen atoms in total. The maximum absolute atomic E-state index is 13.8. The molecule has 1 fully saturated rings. The quantitative estimate of drug-likeness (QED) is 0.287. The molecule has 4 aromatic rings. The summed E-state index contributed by atoms with van der Waals surface area (Å²) in [5, 5.41) is 8.46. The van der Waals surface area contributed by atoms with Gasteiger partial charge in [0.05, 0.1) is 11.3 Å². The van der Waals surface area contributed by atoms with Crippen molar-refractivity contribution in [2.45, 2.75) is 31.1 Å². The van der Waals surface area contributed by atoms with Crippen LogP contribution in [-0.2, 0) is 26.7 Å². The minimum Gasteiger partial charge on any atom is -0.351 e. The molecule has 1 saturated heterocycles.